The molecule has 1 aromatic carbocycles. The molecule has 0 saturated heterocycles. The van der Waals surface area contributed by atoms with Gasteiger partial charge in [-0.1, -0.05) is 29.5 Å². The highest BCUT2D eigenvalue weighted by Crippen LogP contribution is 2.37. The molecule has 0 aliphatic carbocycles. The monoisotopic (exact) mass is 300 g/mol. The van der Waals surface area contributed by atoms with Crippen LogP contribution in [0.3, 0.4) is 0 Å². The van der Waals surface area contributed by atoms with Crippen LogP contribution < -0.4 is 10.2 Å². The molecule has 106 valence electrons. The summed E-state index contributed by atoms with van der Waals surface area (Å²) in [7, 11) is 0. The molecule has 1 aromatic heterocycles. The van der Waals surface area contributed by atoms with Gasteiger partial charge in [-0.15, -0.1) is 10.2 Å². The van der Waals surface area contributed by atoms with Gasteiger partial charge >= 0.3 is 6.18 Å². The molecule has 8 heteroatoms. The first-order chi connectivity index (χ1) is 9.55. The van der Waals surface area contributed by atoms with Crippen LogP contribution in [0.25, 0.3) is 0 Å². The van der Waals surface area contributed by atoms with Gasteiger partial charge in [0.15, 0.2) is 0 Å². The fourth-order valence-corrected chi connectivity index (χ4v) is 2.85. The van der Waals surface area contributed by atoms with Gasteiger partial charge in [0.25, 0.3) is 0 Å². The number of nitrogens with zero attached hydrogens (tertiary/aromatic N) is 3. The van der Waals surface area contributed by atoms with Gasteiger partial charge in [0.2, 0.25) is 10.1 Å². The van der Waals surface area contributed by atoms with Gasteiger partial charge < -0.3 is 10.2 Å². The van der Waals surface area contributed by atoms with Crippen LogP contribution in [0.15, 0.2) is 24.3 Å². The number of para-hydroxylation sites is 1. The van der Waals surface area contributed by atoms with Crippen LogP contribution in [0.2, 0.25) is 0 Å². The van der Waals surface area contributed by atoms with E-state index in [1.54, 1.807) is 4.90 Å². The van der Waals surface area contributed by atoms with Crippen molar-refractivity contribution < 1.29 is 13.2 Å². The highest BCUT2D eigenvalue weighted by atomic mass is 32.1. The number of alkyl halides is 3. The Balaban J connectivity index is 1.99. The van der Waals surface area contributed by atoms with E-state index in [-0.39, 0.29) is 5.13 Å². The third-order valence-corrected chi connectivity index (χ3v) is 3.99. The van der Waals surface area contributed by atoms with Gasteiger partial charge in [0.1, 0.15) is 0 Å². The Morgan fingerprint density at radius 3 is 2.75 bits per heavy atom. The predicted octanol–water partition coefficient (Wildman–Crippen LogP) is 2.80. The molecule has 0 saturated carbocycles. The van der Waals surface area contributed by atoms with Gasteiger partial charge in [0.05, 0.1) is 0 Å². The van der Waals surface area contributed by atoms with Gasteiger partial charge in [-0.25, -0.2) is 0 Å². The Kier molecular flexibility index (Phi) is 3.35. The average Bonchev–Trinajstić information content (AvgIpc) is 2.80. The molecule has 0 radical (unpaired) electrons. The Bertz CT molecular complexity index is 611. The van der Waals surface area contributed by atoms with Crippen molar-refractivity contribution in [3.05, 3.63) is 34.8 Å². The molecule has 2 aromatic rings. The maximum Gasteiger partial charge on any atom is 0.445 e. The molecule has 20 heavy (non-hydrogen) atoms. The molecule has 0 spiro atoms. The molecule has 0 amide bonds. The second kappa shape index (κ2) is 5.02. The molecule has 0 bridgehead atoms. The third-order valence-electron chi connectivity index (χ3n) is 3.00. The smallest absolute Gasteiger partial charge is 0.315 e. The summed E-state index contributed by atoms with van der Waals surface area (Å²) < 4.78 is 37.9. The van der Waals surface area contributed by atoms with E-state index in [9.17, 15) is 13.2 Å². The minimum Gasteiger partial charge on any atom is -0.315 e. The SMILES string of the molecule is FC(F)(F)c1nnc(N2CCNCc3ccccc32)s1. The first-order valence-electron chi connectivity index (χ1n) is 6.02. The van der Waals surface area contributed by atoms with Crippen molar-refractivity contribution in [3.63, 3.8) is 0 Å². The second-order valence-corrected chi connectivity index (χ2v) is 5.30. The van der Waals surface area contributed by atoms with E-state index >= 15 is 0 Å². The van der Waals surface area contributed by atoms with E-state index in [1.165, 1.54) is 0 Å². The number of rotatable bonds is 1. The number of anilines is 2. The number of aromatic nitrogens is 2. The number of hydrogen-bond acceptors (Lipinski definition) is 5. The van der Waals surface area contributed by atoms with E-state index in [4.69, 9.17) is 0 Å². The molecule has 4 nitrogen and oxygen atoms in total. The van der Waals surface area contributed by atoms with E-state index < -0.39 is 11.2 Å². The molecule has 1 aliphatic heterocycles. The number of benzene rings is 1. The predicted molar refractivity (Wildman–Crippen MR) is 70.1 cm³/mol. The molecular weight excluding hydrogens is 289 g/mol. The molecule has 1 aliphatic rings. The van der Waals surface area contributed by atoms with Gasteiger partial charge in [0, 0.05) is 25.3 Å². The standard InChI is InChI=1S/C12H11F3N4S/c13-12(14,15)10-17-18-11(20-10)19-6-5-16-7-8-3-1-2-4-9(8)19/h1-4,16H,5-7H2. The van der Waals surface area contributed by atoms with Crippen molar-refractivity contribution >= 4 is 22.2 Å². The zero-order valence-corrected chi connectivity index (χ0v) is 11.1. The van der Waals surface area contributed by atoms with Crippen molar-refractivity contribution in [2.24, 2.45) is 0 Å². The van der Waals surface area contributed by atoms with Crippen LogP contribution in [0.5, 0.6) is 0 Å². The molecule has 3 rings (SSSR count). The van der Waals surface area contributed by atoms with Crippen molar-refractivity contribution in [3.8, 4) is 0 Å². The largest absolute Gasteiger partial charge is 0.445 e. The van der Waals surface area contributed by atoms with Crippen molar-refractivity contribution in [1.82, 2.24) is 15.5 Å². The van der Waals surface area contributed by atoms with Crippen LogP contribution in [0.4, 0.5) is 24.0 Å². The quantitative estimate of drug-likeness (QED) is 0.879. The van der Waals surface area contributed by atoms with E-state index in [0.29, 0.717) is 31.0 Å². The minimum atomic E-state index is -4.44. The maximum absolute atomic E-state index is 12.6. The highest BCUT2D eigenvalue weighted by molar-refractivity contribution is 7.15. The molecular formula is C12H11F3N4S. The molecule has 0 fully saturated rings. The van der Waals surface area contributed by atoms with Crippen LogP contribution in [0.1, 0.15) is 10.6 Å². The lowest BCUT2D eigenvalue weighted by Gasteiger charge is -2.20. The van der Waals surface area contributed by atoms with Crippen LogP contribution in [-0.2, 0) is 12.7 Å². The Morgan fingerprint density at radius 1 is 1.20 bits per heavy atom. The van der Waals surface area contributed by atoms with Gasteiger partial charge in [-0.05, 0) is 11.6 Å². The normalized spacial score (nSPS) is 15.8. The third kappa shape index (κ3) is 2.48. The number of fused-ring (bicyclic) bond motifs is 1. The number of nitrogens with one attached hydrogen (secondary N) is 1. The maximum atomic E-state index is 12.6. The number of hydrogen-bond donors (Lipinski definition) is 1. The van der Waals surface area contributed by atoms with Crippen molar-refractivity contribution in [1.29, 1.82) is 0 Å². The van der Waals surface area contributed by atoms with Crippen molar-refractivity contribution in [2.45, 2.75) is 12.7 Å². The molecule has 2 heterocycles. The van der Waals surface area contributed by atoms with E-state index in [0.717, 1.165) is 11.3 Å². The first-order valence-corrected chi connectivity index (χ1v) is 6.84. The highest BCUT2D eigenvalue weighted by Gasteiger charge is 2.36. The van der Waals surface area contributed by atoms with Crippen LogP contribution >= 0.6 is 11.3 Å². The zero-order valence-electron chi connectivity index (χ0n) is 10.3. The summed E-state index contributed by atoms with van der Waals surface area (Å²) in [4.78, 5) is 1.78. The molecule has 0 unspecified atom stereocenters. The van der Waals surface area contributed by atoms with Gasteiger partial charge in [-0.2, -0.15) is 13.2 Å². The average molecular weight is 300 g/mol. The van der Waals surface area contributed by atoms with Crippen LogP contribution in [-0.4, -0.2) is 23.3 Å². The number of halogens is 3. The topological polar surface area (TPSA) is 41.1 Å². The van der Waals surface area contributed by atoms with Crippen molar-refractivity contribution in [2.75, 3.05) is 18.0 Å². The molecule has 0 atom stereocenters. The lowest BCUT2D eigenvalue weighted by molar-refractivity contribution is -0.138. The fourth-order valence-electron chi connectivity index (χ4n) is 2.10. The van der Waals surface area contributed by atoms with E-state index in [1.807, 2.05) is 24.3 Å². The van der Waals surface area contributed by atoms with Crippen LogP contribution in [0, 0.1) is 0 Å². The summed E-state index contributed by atoms with van der Waals surface area (Å²) >= 11 is 0.570. The molecule has 1 N–H and O–H groups in total. The summed E-state index contributed by atoms with van der Waals surface area (Å²) in [6, 6.07) is 7.61. The van der Waals surface area contributed by atoms with E-state index in [2.05, 4.69) is 15.5 Å². The Morgan fingerprint density at radius 2 is 2.00 bits per heavy atom. The zero-order chi connectivity index (χ0) is 14.2. The lowest BCUT2D eigenvalue weighted by atomic mass is 10.1. The first kappa shape index (κ1) is 13.3. The Hall–Kier alpha value is -1.67. The summed E-state index contributed by atoms with van der Waals surface area (Å²) in [6.45, 7) is 1.93. The summed E-state index contributed by atoms with van der Waals surface area (Å²) in [5, 5.41) is 9.53. The summed E-state index contributed by atoms with van der Waals surface area (Å²) in [5.74, 6) is 0. The summed E-state index contributed by atoms with van der Waals surface area (Å²) in [5.41, 5.74) is 1.91. The summed E-state index contributed by atoms with van der Waals surface area (Å²) in [6.07, 6.45) is -4.44. The minimum absolute atomic E-state index is 0.272. The lowest BCUT2D eigenvalue weighted by Crippen LogP contribution is -2.24. The fraction of sp³-hybridized carbons (Fsp3) is 0.333. The van der Waals surface area contributed by atoms with Gasteiger partial charge in [-0.3, -0.25) is 0 Å². The second-order valence-electron chi connectivity index (χ2n) is 4.34. The Labute approximate surface area is 117 Å².